The maximum atomic E-state index is 13.1. The van der Waals surface area contributed by atoms with Gasteiger partial charge in [0.1, 0.15) is 11.3 Å². The van der Waals surface area contributed by atoms with Gasteiger partial charge >= 0.3 is 0 Å². The molecule has 1 aliphatic heterocycles. The van der Waals surface area contributed by atoms with Crippen molar-refractivity contribution in [1.29, 1.82) is 0 Å². The molecule has 0 aliphatic carbocycles. The first-order valence-electron chi connectivity index (χ1n) is 10.3. The molecule has 4 rings (SSSR count). The molecule has 158 valence electrons. The molecule has 1 fully saturated rings. The van der Waals surface area contributed by atoms with Crippen LogP contribution in [-0.2, 0) is 10.0 Å². The number of furan rings is 1. The van der Waals surface area contributed by atoms with Crippen LogP contribution in [0.15, 0.2) is 57.8 Å². The number of hydrogen-bond donors (Lipinski definition) is 1. The molecule has 0 radical (unpaired) electrons. The van der Waals surface area contributed by atoms with Crippen LogP contribution in [0.2, 0.25) is 0 Å². The number of sulfonamides is 1. The predicted octanol–water partition coefficient (Wildman–Crippen LogP) is 4.41. The van der Waals surface area contributed by atoms with Crippen molar-refractivity contribution >= 4 is 26.9 Å². The molecular formula is C23H26N2O4S. The number of nitrogens with one attached hydrogen (secondary N) is 1. The van der Waals surface area contributed by atoms with Gasteiger partial charge in [-0.1, -0.05) is 30.7 Å². The van der Waals surface area contributed by atoms with E-state index < -0.39 is 10.0 Å². The van der Waals surface area contributed by atoms with E-state index in [1.165, 1.54) is 10.4 Å². The van der Waals surface area contributed by atoms with E-state index in [4.69, 9.17) is 4.42 Å². The van der Waals surface area contributed by atoms with Crippen molar-refractivity contribution in [2.45, 2.75) is 44.0 Å². The van der Waals surface area contributed by atoms with Gasteiger partial charge in [-0.15, -0.1) is 0 Å². The highest BCUT2D eigenvalue weighted by Crippen LogP contribution is 2.26. The fourth-order valence-corrected chi connectivity index (χ4v) is 5.60. The molecule has 3 aromatic rings. The first-order valence-corrected chi connectivity index (χ1v) is 11.7. The molecule has 6 nitrogen and oxygen atoms in total. The van der Waals surface area contributed by atoms with E-state index in [2.05, 4.69) is 5.32 Å². The number of piperidine rings is 1. The Hall–Kier alpha value is -2.64. The topological polar surface area (TPSA) is 79.6 Å². The lowest BCUT2D eigenvalue weighted by Gasteiger charge is -2.26. The zero-order chi connectivity index (χ0) is 21.3. The second-order valence-corrected chi connectivity index (χ2v) is 9.73. The van der Waals surface area contributed by atoms with Crippen LogP contribution in [-0.4, -0.2) is 31.7 Å². The fraction of sp³-hybridized carbons (Fsp3) is 0.348. The number of fused-ring (bicyclic) bond motifs is 1. The molecule has 1 atom stereocenters. The van der Waals surface area contributed by atoms with Crippen LogP contribution in [0.5, 0.6) is 0 Å². The van der Waals surface area contributed by atoms with Crippen molar-refractivity contribution in [2.24, 2.45) is 0 Å². The molecule has 1 aromatic heterocycles. The Morgan fingerprint density at radius 2 is 1.80 bits per heavy atom. The molecular weight excluding hydrogens is 400 g/mol. The van der Waals surface area contributed by atoms with Gasteiger partial charge < -0.3 is 9.73 Å². The highest BCUT2D eigenvalue weighted by atomic mass is 32.2. The van der Waals surface area contributed by atoms with Crippen LogP contribution in [0, 0.1) is 6.92 Å². The van der Waals surface area contributed by atoms with E-state index in [-0.39, 0.29) is 16.8 Å². The SMILES string of the molecule is Cc1ccc(C(=O)NC(C)c2cc3ccccc3o2)cc1S(=O)(=O)N1CCCCC1. The Balaban J connectivity index is 1.56. The summed E-state index contributed by atoms with van der Waals surface area (Å²) in [6.45, 7) is 4.66. The largest absolute Gasteiger partial charge is 0.459 e. The number of amides is 1. The Bertz CT molecular complexity index is 1140. The normalized spacial score (nSPS) is 16.5. The van der Waals surface area contributed by atoms with E-state index in [9.17, 15) is 13.2 Å². The van der Waals surface area contributed by atoms with E-state index >= 15 is 0 Å². The summed E-state index contributed by atoms with van der Waals surface area (Å²) < 4.78 is 33.6. The number of hydrogen-bond acceptors (Lipinski definition) is 4. The quantitative estimate of drug-likeness (QED) is 0.655. The number of carbonyl (C=O) groups is 1. The first kappa shape index (κ1) is 20.6. The highest BCUT2D eigenvalue weighted by Gasteiger charge is 2.28. The molecule has 1 aliphatic rings. The molecule has 0 bridgehead atoms. The molecule has 7 heteroatoms. The lowest BCUT2D eigenvalue weighted by Crippen LogP contribution is -2.36. The Kier molecular flexibility index (Phi) is 5.66. The minimum atomic E-state index is -3.61. The zero-order valence-corrected chi connectivity index (χ0v) is 18.0. The summed E-state index contributed by atoms with van der Waals surface area (Å²) in [5.74, 6) is 0.316. The van der Waals surface area contributed by atoms with E-state index in [0.717, 1.165) is 30.2 Å². The summed E-state index contributed by atoms with van der Waals surface area (Å²) in [7, 11) is -3.61. The number of benzene rings is 2. The number of rotatable bonds is 5. The monoisotopic (exact) mass is 426 g/mol. The molecule has 1 amide bonds. The van der Waals surface area contributed by atoms with E-state index in [0.29, 0.717) is 30.0 Å². The lowest BCUT2D eigenvalue weighted by atomic mass is 10.1. The summed E-state index contributed by atoms with van der Waals surface area (Å²) >= 11 is 0. The van der Waals surface area contributed by atoms with Crippen LogP contribution in [0.4, 0.5) is 0 Å². The van der Waals surface area contributed by atoms with Gasteiger partial charge in [-0.25, -0.2) is 8.42 Å². The third kappa shape index (κ3) is 4.00. The Morgan fingerprint density at radius 3 is 2.53 bits per heavy atom. The smallest absolute Gasteiger partial charge is 0.251 e. The summed E-state index contributed by atoms with van der Waals surface area (Å²) in [5.41, 5.74) is 1.72. The highest BCUT2D eigenvalue weighted by molar-refractivity contribution is 7.89. The molecule has 0 spiro atoms. The Morgan fingerprint density at radius 1 is 1.07 bits per heavy atom. The summed E-state index contributed by atoms with van der Waals surface area (Å²) in [6, 6.07) is 14.1. The summed E-state index contributed by atoms with van der Waals surface area (Å²) in [4.78, 5) is 13.1. The minimum Gasteiger partial charge on any atom is -0.459 e. The number of para-hydroxylation sites is 1. The van der Waals surface area contributed by atoms with Crippen LogP contribution in [0.3, 0.4) is 0 Å². The van der Waals surface area contributed by atoms with Crippen LogP contribution < -0.4 is 5.32 Å². The van der Waals surface area contributed by atoms with Gasteiger partial charge in [-0.2, -0.15) is 4.31 Å². The molecule has 1 saturated heterocycles. The van der Waals surface area contributed by atoms with E-state index in [1.54, 1.807) is 19.1 Å². The second kappa shape index (κ2) is 8.24. The number of aryl methyl sites for hydroxylation is 1. The number of carbonyl (C=O) groups excluding carboxylic acids is 1. The third-order valence-electron chi connectivity index (χ3n) is 5.60. The zero-order valence-electron chi connectivity index (χ0n) is 17.2. The van der Waals surface area contributed by atoms with Gasteiger partial charge in [-0.3, -0.25) is 4.79 Å². The number of nitrogens with zero attached hydrogens (tertiary/aromatic N) is 1. The van der Waals surface area contributed by atoms with Crippen molar-refractivity contribution < 1.29 is 17.6 Å². The molecule has 2 heterocycles. The maximum absolute atomic E-state index is 13.1. The standard InChI is InChI=1S/C23H26N2O4S/c1-16-10-11-19(15-22(16)30(27,28)25-12-6-3-7-13-25)23(26)24-17(2)21-14-18-8-4-5-9-20(18)29-21/h4-5,8-11,14-15,17H,3,6-7,12-13H2,1-2H3,(H,24,26). The Labute approximate surface area is 176 Å². The van der Waals surface area contributed by atoms with Crippen molar-refractivity contribution in [3.8, 4) is 0 Å². The lowest BCUT2D eigenvalue weighted by molar-refractivity contribution is 0.0935. The van der Waals surface area contributed by atoms with Crippen molar-refractivity contribution in [3.63, 3.8) is 0 Å². The van der Waals surface area contributed by atoms with Gasteiger partial charge in [0, 0.05) is 24.0 Å². The van der Waals surface area contributed by atoms with Gasteiger partial charge in [0.05, 0.1) is 10.9 Å². The average Bonchev–Trinajstić information content (AvgIpc) is 3.19. The van der Waals surface area contributed by atoms with Gasteiger partial charge in [-0.05, 0) is 56.5 Å². The molecule has 0 saturated carbocycles. The average molecular weight is 427 g/mol. The van der Waals surface area contributed by atoms with Crippen molar-refractivity contribution in [2.75, 3.05) is 13.1 Å². The molecule has 2 aromatic carbocycles. The fourth-order valence-electron chi connectivity index (χ4n) is 3.83. The summed E-state index contributed by atoms with van der Waals surface area (Å²) in [5, 5.41) is 3.88. The van der Waals surface area contributed by atoms with Crippen LogP contribution in [0.1, 0.15) is 53.9 Å². The second-order valence-electron chi connectivity index (χ2n) is 7.83. The minimum absolute atomic E-state index is 0.202. The molecule has 1 unspecified atom stereocenters. The summed E-state index contributed by atoms with van der Waals surface area (Å²) in [6.07, 6.45) is 2.79. The van der Waals surface area contributed by atoms with E-state index in [1.807, 2.05) is 37.3 Å². The van der Waals surface area contributed by atoms with Gasteiger partial charge in [0.2, 0.25) is 10.0 Å². The molecule has 30 heavy (non-hydrogen) atoms. The van der Waals surface area contributed by atoms with Gasteiger partial charge in [0.25, 0.3) is 5.91 Å². The van der Waals surface area contributed by atoms with Crippen molar-refractivity contribution in [1.82, 2.24) is 9.62 Å². The first-order chi connectivity index (χ1) is 14.4. The van der Waals surface area contributed by atoms with Crippen LogP contribution >= 0.6 is 0 Å². The van der Waals surface area contributed by atoms with Crippen molar-refractivity contribution in [3.05, 3.63) is 65.4 Å². The van der Waals surface area contributed by atoms with Gasteiger partial charge in [0.15, 0.2) is 0 Å². The predicted molar refractivity (Wildman–Crippen MR) is 116 cm³/mol. The molecule has 1 N–H and O–H groups in total. The van der Waals surface area contributed by atoms with Crippen LogP contribution in [0.25, 0.3) is 11.0 Å². The third-order valence-corrected chi connectivity index (χ3v) is 7.64. The maximum Gasteiger partial charge on any atom is 0.251 e.